The normalized spacial score (nSPS) is 14.5. The number of aromatic nitrogens is 2. The maximum Gasteiger partial charge on any atom is 0.232 e. The van der Waals surface area contributed by atoms with E-state index in [4.69, 9.17) is 9.84 Å². The van der Waals surface area contributed by atoms with Crippen LogP contribution in [0, 0.1) is 6.92 Å². The fraction of sp³-hybridized carbons (Fsp3) is 0.304. The number of nitrogens with zero attached hydrogens (tertiary/aromatic N) is 2. The van der Waals surface area contributed by atoms with Gasteiger partial charge in [-0.2, -0.15) is 5.10 Å². The van der Waals surface area contributed by atoms with Crippen molar-refractivity contribution in [2.24, 2.45) is 0 Å². The summed E-state index contributed by atoms with van der Waals surface area (Å²) in [4.78, 5) is 13.0. The minimum absolute atomic E-state index is 0.0484. The number of rotatable bonds is 6. The summed E-state index contributed by atoms with van der Waals surface area (Å²) in [5, 5.41) is 7.97. The minimum atomic E-state index is -0.284. The lowest BCUT2D eigenvalue weighted by Crippen LogP contribution is -2.21. The SMILES string of the molecule is COc1ccc([C@H](C)C(=O)Nc2c(C)c(C3CC3)nn2-c2ccccc2)cc1. The molecule has 1 amide bonds. The predicted octanol–water partition coefficient (Wildman–Crippen LogP) is 4.81. The highest BCUT2D eigenvalue weighted by Crippen LogP contribution is 2.43. The Morgan fingerprint density at radius 2 is 1.82 bits per heavy atom. The van der Waals surface area contributed by atoms with Gasteiger partial charge in [0.25, 0.3) is 0 Å². The molecule has 5 heteroatoms. The first-order valence-electron chi connectivity index (χ1n) is 9.68. The molecule has 28 heavy (non-hydrogen) atoms. The third kappa shape index (κ3) is 3.52. The van der Waals surface area contributed by atoms with Gasteiger partial charge in [-0.15, -0.1) is 0 Å². The second-order valence-electron chi connectivity index (χ2n) is 7.36. The summed E-state index contributed by atoms with van der Waals surface area (Å²) in [6.45, 7) is 3.96. The number of ether oxygens (including phenoxy) is 1. The van der Waals surface area contributed by atoms with Crippen LogP contribution in [-0.4, -0.2) is 22.8 Å². The van der Waals surface area contributed by atoms with Crippen molar-refractivity contribution in [3.05, 3.63) is 71.4 Å². The van der Waals surface area contributed by atoms with E-state index in [0.29, 0.717) is 5.92 Å². The van der Waals surface area contributed by atoms with E-state index in [0.717, 1.165) is 34.1 Å². The van der Waals surface area contributed by atoms with Gasteiger partial charge in [-0.05, 0) is 56.5 Å². The van der Waals surface area contributed by atoms with E-state index >= 15 is 0 Å². The lowest BCUT2D eigenvalue weighted by atomic mass is 10.00. The van der Waals surface area contributed by atoms with E-state index in [-0.39, 0.29) is 11.8 Å². The van der Waals surface area contributed by atoms with Crippen molar-refractivity contribution in [2.45, 2.75) is 38.5 Å². The van der Waals surface area contributed by atoms with Crippen LogP contribution in [0.5, 0.6) is 5.75 Å². The standard InChI is InChI=1S/C23H25N3O2/c1-15(17-11-13-20(28-3)14-12-17)23(27)24-22-16(2)21(18-9-10-18)25-26(22)19-7-5-4-6-8-19/h4-8,11-15,18H,9-10H2,1-3H3,(H,24,27)/t15-/m0/s1. The molecule has 0 aliphatic heterocycles. The van der Waals surface area contributed by atoms with Gasteiger partial charge < -0.3 is 10.1 Å². The molecular weight excluding hydrogens is 350 g/mol. The summed E-state index contributed by atoms with van der Waals surface area (Å²) >= 11 is 0. The van der Waals surface area contributed by atoms with Crippen molar-refractivity contribution in [1.82, 2.24) is 9.78 Å². The molecule has 1 N–H and O–H groups in total. The Hall–Kier alpha value is -3.08. The summed E-state index contributed by atoms with van der Waals surface area (Å²) in [6.07, 6.45) is 2.34. The quantitative estimate of drug-likeness (QED) is 0.673. The van der Waals surface area contributed by atoms with E-state index in [1.165, 1.54) is 12.8 Å². The van der Waals surface area contributed by atoms with Crippen molar-refractivity contribution in [3.8, 4) is 11.4 Å². The number of hydrogen-bond acceptors (Lipinski definition) is 3. The van der Waals surface area contributed by atoms with Gasteiger partial charge in [-0.1, -0.05) is 30.3 Å². The van der Waals surface area contributed by atoms with E-state index < -0.39 is 0 Å². The van der Waals surface area contributed by atoms with Crippen molar-refractivity contribution < 1.29 is 9.53 Å². The van der Waals surface area contributed by atoms with E-state index in [2.05, 4.69) is 5.32 Å². The molecule has 144 valence electrons. The van der Waals surface area contributed by atoms with Crippen LogP contribution in [0.1, 0.15) is 48.4 Å². The molecule has 4 rings (SSSR count). The lowest BCUT2D eigenvalue weighted by molar-refractivity contribution is -0.117. The first-order valence-corrected chi connectivity index (χ1v) is 9.68. The van der Waals surface area contributed by atoms with Gasteiger partial charge in [0.05, 0.1) is 24.4 Å². The Bertz CT molecular complexity index is 973. The zero-order chi connectivity index (χ0) is 19.7. The van der Waals surface area contributed by atoms with Crippen LogP contribution in [-0.2, 0) is 4.79 Å². The average Bonchev–Trinajstić information content (AvgIpc) is 3.53. The zero-order valence-corrected chi connectivity index (χ0v) is 16.5. The molecule has 0 unspecified atom stereocenters. The Balaban J connectivity index is 1.63. The number of carbonyl (C=O) groups excluding carboxylic acids is 1. The Morgan fingerprint density at radius 3 is 2.43 bits per heavy atom. The van der Waals surface area contributed by atoms with Gasteiger partial charge in [0.1, 0.15) is 11.6 Å². The van der Waals surface area contributed by atoms with Gasteiger partial charge in [0, 0.05) is 11.5 Å². The number of amides is 1. The molecule has 1 aliphatic rings. The maximum atomic E-state index is 13.0. The van der Waals surface area contributed by atoms with Crippen LogP contribution in [0.4, 0.5) is 5.82 Å². The number of nitrogens with one attached hydrogen (secondary N) is 1. The molecule has 0 radical (unpaired) electrons. The Morgan fingerprint density at radius 1 is 1.14 bits per heavy atom. The number of anilines is 1. The molecule has 1 atom stereocenters. The second-order valence-corrected chi connectivity index (χ2v) is 7.36. The predicted molar refractivity (Wildman–Crippen MR) is 110 cm³/mol. The molecule has 0 bridgehead atoms. The van der Waals surface area contributed by atoms with E-state index in [1.54, 1.807) is 7.11 Å². The monoisotopic (exact) mass is 375 g/mol. The van der Waals surface area contributed by atoms with Crippen molar-refractivity contribution in [3.63, 3.8) is 0 Å². The second kappa shape index (κ2) is 7.50. The Labute approximate surface area is 165 Å². The minimum Gasteiger partial charge on any atom is -0.497 e. The van der Waals surface area contributed by atoms with Gasteiger partial charge >= 0.3 is 0 Å². The summed E-state index contributed by atoms with van der Waals surface area (Å²) in [5.74, 6) is 1.73. The smallest absolute Gasteiger partial charge is 0.232 e. The summed E-state index contributed by atoms with van der Waals surface area (Å²) in [5.41, 5.74) is 4.05. The van der Waals surface area contributed by atoms with E-state index in [9.17, 15) is 4.79 Å². The van der Waals surface area contributed by atoms with Crippen LogP contribution in [0.25, 0.3) is 5.69 Å². The van der Waals surface area contributed by atoms with Crippen LogP contribution in [0.2, 0.25) is 0 Å². The summed E-state index contributed by atoms with van der Waals surface area (Å²) in [6, 6.07) is 17.6. The van der Waals surface area contributed by atoms with Crippen LogP contribution < -0.4 is 10.1 Å². The fourth-order valence-corrected chi connectivity index (χ4v) is 3.43. The molecule has 1 saturated carbocycles. The summed E-state index contributed by atoms with van der Waals surface area (Å²) < 4.78 is 7.07. The van der Waals surface area contributed by atoms with Crippen molar-refractivity contribution in [2.75, 3.05) is 12.4 Å². The van der Waals surface area contributed by atoms with E-state index in [1.807, 2.05) is 73.1 Å². The molecular formula is C23H25N3O2. The molecule has 2 aromatic carbocycles. The maximum absolute atomic E-state index is 13.0. The molecule has 1 fully saturated rings. The molecule has 0 spiro atoms. The fourth-order valence-electron chi connectivity index (χ4n) is 3.43. The number of carbonyl (C=O) groups is 1. The third-order valence-electron chi connectivity index (χ3n) is 5.37. The van der Waals surface area contributed by atoms with Gasteiger partial charge in [0.15, 0.2) is 0 Å². The number of hydrogen-bond donors (Lipinski definition) is 1. The molecule has 1 aromatic heterocycles. The Kier molecular flexibility index (Phi) is 4.90. The first-order chi connectivity index (χ1) is 13.6. The lowest BCUT2D eigenvalue weighted by Gasteiger charge is -2.15. The van der Waals surface area contributed by atoms with Crippen LogP contribution in [0.3, 0.4) is 0 Å². The van der Waals surface area contributed by atoms with Gasteiger partial charge in [0.2, 0.25) is 5.91 Å². The zero-order valence-electron chi connectivity index (χ0n) is 16.5. The number of methoxy groups -OCH3 is 1. The topological polar surface area (TPSA) is 56.1 Å². The molecule has 3 aromatic rings. The first kappa shape index (κ1) is 18.3. The van der Waals surface area contributed by atoms with Crippen LogP contribution >= 0.6 is 0 Å². The highest BCUT2D eigenvalue weighted by atomic mass is 16.5. The highest BCUT2D eigenvalue weighted by Gasteiger charge is 2.31. The molecule has 1 heterocycles. The summed E-state index contributed by atoms with van der Waals surface area (Å²) in [7, 11) is 1.64. The highest BCUT2D eigenvalue weighted by molar-refractivity contribution is 5.95. The molecule has 1 aliphatic carbocycles. The number of benzene rings is 2. The van der Waals surface area contributed by atoms with Crippen molar-refractivity contribution in [1.29, 1.82) is 0 Å². The molecule has 0 saturated heterocycles. The molecule has 5 nitrogen and oxygen atoms in total. The third-order valence-corrected chi connectivity index (χ3v) is 5.37. The average molecular weight is 375 g/mol. The van der Waals surface area contributed by atoms with Crippen molar-refractivity contribution >= 4 is 11.7 Å². The largest absolute Gasteiger partial charge is 0.497 e. The van der Waals surface area contributed by atoms with Gasteiger partial charge in [-0.3, -0.25) is 4.79 Å². The van der Waals surface area contributed by atoms with Crippen LogP contribution in [0.15, 0.2) is 54.6 Å². The number of para-hydroxylation sites is 1. The van der Waals surface area contributed by atoms with Gasteiger partial charge in [-0.25, -0.2) is 4.68 Å².